The largest absolute Gasteiger partial charge is 0.491 e. The lowest BCUT2D eigenvalue weighted by Crippen LogP contribution is -2.42. The van der Waals surface area contributed by atoms with Crippen molar-refractivity contribution in [2.24, 2.45) is 5.41 Å². The van der Waals surface area contributed by atoms with Crippen LogP contribution < -0.4 is 4.74 Å². The molecule has 0 saturated heterocycles. The van der Waals surface area contributed by atoms with Crippen LogP contribution in [0.5, 0.6) is 5.75 Å². The van der Waals surface area contributed by atoms with Crippen LogP contribution in [-0.4, -0.2) is 36.3 Å². The van der Waals surface area contributed by atoms with Crippen molar-refractivity contribution < 1.29 is 9.53 Å². The van der Waals surface area contributed by atoms with E-state index in [0.717, 1.165) is 25.1 Å². The molecule has 2 rings (SSSR count). The molecular formula is C16H23NO2S. The number of rotatable bonds is 5. The Kier molecular flexibility index (Phi) is 4.97. The Labute approximate surface area is 126 Å². The maximum absolute atomic E-state index is 12.7. The van der Waals surface area contributed by atoms with E-state index >= 15 is 0 Å². The molecule has 20 heavy (non-hydrogen) atoms. The summed E-state index contributed by atoms with van der Waals surface area (Å²) >= 11 is 4.50. The fourth-order valence-corrected chi connectivity index (χ4v) is 3.16. The van der Waals surface area contributed by atoms with Gasteiger partial charge in [0.05, 0.1) is 12.1 Å². The molecule has 0 spiro atoms. The first-order valence-corrected chi connectivity index (χ1v) is 7.91. The first-order chi connectivity index (χ1) is 9.65. The SMILES string of the molecule is CCC(CC)(CS)CN1CCOc2ccccc2C1=O. The number of thiol groups is 1. The van der Waals surface area contributed by atoms with Gasteiger partial charge in [-0.1, -0.05) is 26.0 Å². The third kappa shape index (κ3) is 2.95. The van der Waals surface area contributed by atoms with Gasteiger partial charge in [0.2, 0.25) is 0 Å². The van der Waals surface area contributed by atoms with Crippen molar-refractivity contribution in [3.63, 3.8) is 0 Å². The van der Waals surface area contributed by atoms with Gasteiger partial charge in [-0.05, 0) is 36.1 Å². The lowest BCUT2D eigenvalue weighted by atomic mass is 9.83. The van der Waals surface area contributed by atoms with Crippen LogP contribution in [0.25, 0.3) is 0 Å². The maximum Gasteiger partial charge on any atom is 0.257 e. The normalized spacial score (nSPS) is 15.6. The van der Waals surface area contributed by atoms with Gasteiger partial charge >= 0.3 is 0 Å². The van der Waals surface area contributed by atoms with Gasteiger partial charge in [-0.15, -0.1) is 0 Å². The molecule has 1 heterocycles. The molecule has 1 amide bonds. The number of carbonyl (C=O) groups excluding carboxylic acids is 1. The standard InChI is InChI=1S/C16H23NO2S/c1-3-16(4-2,12-20)11-17-9-10-19-14-8-6-5-7-13(14)15(17)18/h5-8,20H,3-4,9-12H2,1-2H3. The lowest BCUT2D eigenvalue weighted by Gasteiger charge is -2.35. The van der Waals surface area contributed by atoms with Crippen LogP contribution in [-0.2, 0) is 0 Å². The van der Waals surface area contributed by atoms with E-state index < -0.39 is 0 Å². The fourth-order valence-electron chi connectivity index (χ4n) is 2.61. The molecule has 0 fully saturated rings. The predicted octanol–water partition coefficient (Wildman–Crippen LogP) is 3.26. The van der Waals surface area contributed by atoms with Crippen molar-refractivity contribution >= 4 is 18.5 Å². The fraction of sp³-hybridized carbons (Fsp3) is 0.562. The molecule has 0 atom stereocenters. The summed E-state index contributed by atoms with van der Waals surface area (Å²) in [6.45, 7) is 6.29. The minimum Gasteiger partial charge on any atom is -0.491 e. The Morgan fingerprint density at radius 3 is 2.65 bits per heavy atom. The molecule has 0 aromatic heterocycles. The topological polar surface area (TPSA) is 29.5 Å². The molecule has 0 unspecified atom stereocenters. The van der Waals surface area contributed by atoms with E-state index in [1.165, 1.54) is 0 Å². The third-order valence-electron chi connectivity index (χ3n) is 4.39. The summed E-state index contributed by atoms with van der Waals surface area (Å²) in [5.74, 6) is 1.57. The van der Waals surface area contributed by atoms with Crippen LogP contribution in [0.4, 0.5) is 0 Å². The Bertz CT molecular complexity index is 463. The molecule has 0 saturated carbocycles. The summed E-state index contributed by atoms with van der Waals surface area (Å²) in [5, 5.41) is 0. The molecule has 110 valence electrons. The minimum atomic E-state index is 0.0751. The van der Waals surface area contributed by atoms with Gasteiger partial charge in [0.25, 0.3) is 5.91 Å². The molecule has 4 heteroatoms. The summed E-state index contributed by atoms with van der Waals surface area (Å²) in [6.07, 6.45) is 2.05. The number of nitrogens with zero attached hydrogens (tertiary/aromatic N) is 1. The van der Waals surface area contributed by atoms with Crippen molar-refractivity contribution in [3.05, 3.63) is 29.8 Å². The smallest absolute Gasteiger partial charge is 0.257 e. The number of carbonyl (C=O) groups is 1. The summed E-state index contributed by atoms with van der Waals surface area (Å²) in [4.78, 5) is 14.6. The Hall–Kier alpha value is -1.16. The van der Waals surface area contributed by atoms with Crippen LogP contribution >= 0.6 is 12.6 Å². The number of benzene rings is 1. The van der Waals surface area contributed by atoms with Gasteiger partial charge in [-0.2, -0.15) is 12.6 Å². The van der Waals surface area contributed by atoms with Crippen LogP contribution in [0, 0.1) is 5.41 Å². The van der Waals surface area contributed by atoms with Crippen molar-refractivity contribution in [1.29, 1.82) is 0 Å². The highest BCUT2D eigenvalue weighted by molar-refractivity contribution is 7.80. The van der Waals surface area contributed by atoms with Crippen molar-refractivity contribution in [2.45, 2.75) is 26.7 Å². The molecule has 1 aliphatic rings. The van der Waals surface area contributed by atoms with Crippen LogP contribution in [0.1, 0.15) is 37.0 Å². The number of fused-ring (bicyclic) bond motifs is 1. The first kappa shape index (κ1) is 15.2. The number of amides is 1. The van der Waals surface area contributed by atoms with Crippen LogP contribution in [0.15, 0.2) is 24.3 Å². The van der Waals surface area contributed by atoms with Gasteiger partial charge in [-0.25, -0.2) is 0 Å². The average molecular weight is 293 g/mol. The van der Waals surface area contributed by atoms with E-state index in [9.17, 15) is 4.79 Å². The van der Waals surface area contributed by atoms with Crippen molar-refractivity contribution in [2.75, 3.05) is 25.4 Å². The Morgan fingerprint density at radius 2 is 2.00 bits per heavy atom. The number of hydrogen-bond acceptors (Lipinski definition) is 3. The second-order valence-electron chi connectivity index (χ2n) is 5.44. The van der Waals surface area contributed by atoms with Gasteiger partial charge in [0, 0.05) is 6.54 Å². The summed E-state index contributed by atoms with van der Waals surface area (Å²) in [5.41, 5.74) is 0.767. The zero-order valence-corrected chi connectivity index (χ0v) is 13.2. The second kappa shape index (κ2) is 6.53. The number of para-hydroxylation sites is 1. The quantitative estimate of drug-likeness (QED) is 0.844. The van der Waals surface area contributed by atoms with Crippen LogP contribution in [0.2, 0.25) is 0 Å². The highest BCUT2D eigenvalue weighted by Crippen LogP contribution is 2.31. The number of hydrogen-bond donors (Lipinski definition) is 1. The Balaban J connectivity index is 2.23. The maximum atomic E-state index is 12.7. The Morgan fingerprint density at radius 1 is 1.30 bits per heavy atom. The molecule has 1 aromatic carbocycles. The predicted molar refractivity (Wildman–Crippen MR) is 84.7 cm³/mol. The number of ether oxygens (including phenoxy) is 1. The summed E-state index contributed by atoms with van der Waals surface area (Å²) < 4.78 is 5.68. The van der Waals surface area contributed by atoms with Crippen molar-refractivity contribution in [1.82, 2.24) is 4.90 Å². The van der Waals surface area contributed by atoms with E-state index in [4.69, 9.17) is 4.74 Å². The molecule has 1 aliphatic heterocycles. The highest BCUT2D eigenvalue weighted by atomic mass is 32.1. The van der Waals surface area contributed by atoms with Gasteiger partial charge in [0.1, 0.15) is 12.4 Å². The van der Waals surface area contributed by atoms with Gasteiger partial charge in [-0.3, -0.25) is 4.79 Å². The van der Waals surface area contributed by atoms with E-state index in [1.54, 1.807) is 0 Å². The first-order valence-electron chi connectivity index (χ1n) is 7.27. The van der Waals surface area contributed by atoms with Gasteiger partial charge < -0.3 is 9.64 Å². The molecule has 1 aromatic rings. The molecular weight excluding hydrogens is 270 g/mol. The second-order valence-corrected chi connectivity index (χ2v) is 5.75. The molecule has 0 aliphatic carbocycles. The summed E-state index contributed by atoms with van der Waals surface area (Å²) in [7, 11) is 0. The lowest BCUT2D eigenvalue weighted by molar-refractivity contribution is 0.0662. The molecule has 3 nitrogen and oxygen atoms in total. The molecule has 0 N–H and O–H groups in total. The van der Waals surface area contributed by atoms with E-state index in [0.29, 0.717) is 24.5 Å². The van der Waals surface area contributed by atoms with Crippen LogP contribution in [0.3, 0.4) is 0 Å². The van der Waals surface area contributed by atoms with Crippen molar-refractivity contribution in [3.8, 4) is 5.75 Å². The monoisotopic (exact) mass is 293 g/mol. The highest BCUT2D eigenvalue weighted by Gasteiger charge is 2.32. The molecule has 0 bridgehead atoms. The van der Waals surface area contributed by atoms with Gasteiger partial charge in [0.15, 0.2) is 0 Å². The van der Waals surface area contributed by atoms with E-state index in [2.05, 4.69) is 26.5 Å². The van der Waals surface area contributed by atoms with E-state index in [-0.39, 0.29) is 11.3 Å². The molecule has 0 radical (unpaired) electrons. The minimum absolute atomic E-state index is 0.0751. The zero-order chi connectivity index (χ0) is 14.6. The van der Waals surface area contributed by atoms with E-state index in [1.807, 2.05) is 29.2 Å². The zero-order valence-electron chi connectivity index (χ0n) is 12.3. The summed E-state index contributed by atoms with van der Waals surface area (Å²) in [6, 6.07) is 7.49. The average Bonchev–Trinajstić information content (AvgIpc) is 2.65. The third-order valence-corrected chi connectivity index (χ3v) is 5.06.